The van der Waals surface area contributed by atoms with Crippen LogP contribution < -0.4 is 10.5 Å². The Morgan fingerprint density at radius 2 is 1.86 bits per heavy atom. The Morgan fingerprint density at radius 3 is 2.43 bits per heavy atom. The number of aromatic nitrogens is 1. The summed E-state index contributed by atoms with van der Waals surface area (Å²) in [5.74, 6) is 1.27. The van der Waals surface area contributed by atoms with E-state index in [0.717, 1.165) is 50.2 Å². The lowest BCUT2D eigenvalue weighted by Gasteiger charge is -2.36. The van der Waals surface area contributed by atoms with E-state index < -0.39 is 0 Å². The first-order chi connectivity index (χ1) is 17.8. The molecule has 1 aromatic carbocycles. The van der Waals surface area contributed by atoms with Crippen molar-refractivity contribution in [3.05, 3.63) is 67.8 Å². The van der Waals surface area contributed by atoms with Gasteiger partial charge < -0.3 is 4.90 Å². The Kier molecular flexibility index (Phi) is 8.56. The van der Waals surface area contributed by atoms with E-state index in [1.807, 2.05) is 39.8 Å². The van der Waals surface area contributed by atoms with Crippen LogP contribution in [0.3, 0.4) is 0 Å². The van der Waals surface area contributed by atoms with Crippen LogP contribution in [0.15, 0.2) is 40.0 Å². The molecule has 2 aliphatic rings. The standard InChI is InChI=1S/C29H34N4O2S2/c1-5-13-32-26(31-14-11-22(12-15-31)16-21-9-7-6-8-10-21)23(20(4)24(18-30)27(32)34)17-25-28(35)33(19(2)3)29(36)37-25/h6-10,17,19,22H,5,11-16H2,1-4H3. The van der Waals surface area contributed by atoms with Crippen molar-refractivity contribution >= 4 is 46.1 Å². The van der Waals surface area contributed by atoms with Gasteiger partial charge in [-0.3, -0.25) is 19.1 Å². The lowest BCUT2D eigenvalue weighted by Crippen LogP contribution is -2.40. The molecular formula is C29H34N4O2S2. The largest absolute Gasteiger partial charge is 0.357 e. The van der Waals surface area contributed by atoms with Crippen LogP contribution in [0.1, 0.15) is 62.3 Å². The Balaban J connectivity index is 1.75. The maximum atomic E-state index is 13.4. The van der Waals surface area contributed by atoms with Gasteiger partial charge in [0, 0.05) is 31.2 Å². The smallest absolute Gasteiger partial charge is 0.270 e. The fourth-order valence-electron chi connectivity index (χ4n) is 5.27. The maximum Gasteiger partial charge on any atom is 0.270 e. The summed E-state index contributed by atoms with van der Waals surface area (Å²) >= 11 is 6.78. The van der Waals surface area contributed by atoms with Crippen LogP contribution in [-0.2, 0) is 17.8 Å². The van der Waals surface area contributed by atoms with Crippen molar-refractivity contribution in [1.82, 2.24) is 9.47 Å². The van der Waals surface area contributed by atoms with Gasteiger partial charge in [0.2, 0.25) is 0 Å². The van der Waals surface area contributed by atoms with Gasteiger partial charge in [-0.05, 0) is 69.6 Å². The number of anilines is 1. The second kappa shape index (κ2) is 11.7. The van der Waals surface area contributed by atoms with Crippen molar-refractivity contribution in [1.29, 1.82) is 5.26 Å². The number of carbonyl (C=O) groups excluding carboxylic acids is 1. The maximum absolute atomic E-state index is 13.4. The van der Waals surface area contributed by atoms with Crippen molar-refractivity contribution in [2.24, 2.45) is 5.92 Å². The molecular weight excluding hydrogens is 500 g/mol. The topological polar surface area (TPSA) is 69.3 Å². The number of thioether (sulfide) groups is 1. The first-order valence-corrected chi connectivity index (χ1v) is 14.2. The predicted octanol–water partition coefficient (Wildman–Crippen LogP) is 5.51. The van der Waals surface area contributed by atoms with Gasteiger partial charge in [-0.2, -0.15) is 5.26 Å². The Labute approximate surface area is 229 Å². The SMILES string of the molecule is CCCn1c(N2CCC(Cc3ccccc3)CC2)c(C=C2SC(=S)N(C(C)C)C2=O)c(C)c(C#N)c1=O. The van der Waals surface area contributed by atoms with E-state index in [2.05, 4.69) is 35.2 Å². The summed E-state index contributed by atoms with van der Waals surface area (Å²) in [5.41, 5.74) is 2.63. The van der Waals surface area contributed by atoms with Gasteiger partial charge in [0.25, 0.3) is 11.5 Å². The van der Waals surface area contributed by atoms with Crippen molar-refractivity contribution in [2.45, 2.75) is 66.0 Å². The third-order valence-electron chi connectivity index (χ3n) is 7.19. The van der Waals surface area contributed by atoms with Crippen molar-refractivity contribution in [2.75, 3.05) is 18.0 Å². The summed E-state index contributed by atoms with van der Waals surface area (Å²) in [5, 5.41) is 9.86. The molecule has 0 bridgehead atoms. The molecule has 37 heavy (non-hydrogen) atoms. The number of rotatable bonds is 7. The fourth-order valence-corrected chi connectivity index (χ4v) is 6.77. The number of nitriles is 1. The Hall–Kier alpha value is -2.89. The number of carbonyl (C=O) groups is 1. The molecule has 8 heteroatoms. The van der Waals surface area contributed by atoms with E-state index in [4.69, 9.17) is 12.2 Å². The highest BCUT2D eigenvalue weighted by molar-refractivity contribution is 8.26. The van der Waals surface area contributed by atoms with Crippen molar-refractivity contribution < 1.29 is 4.79 Å². The van der Waals surface area contributed by atoms with Crippen LogP contribution in [0.25, 0.3) is 6.08 Å². The molecule has 0 radical (unpaired) electrons. The van der Waals surface area contributed by atoms with Gasteiger partial charge in [-0.15, -0.1) is 0 Å². The van der Waals surface area contributed by atoms with Gasteiger partial charge in [-0.25, -0.2) is 0 Å². The summed E-state index contributed by atoms with van der Waals surface area (Å²) in [7, 11) is 0. The van der Waals surface area contributed by atoms with Gasteiger partial charge >= 0.3 is 0 Å². The second-order valence-corrected chi connectivity index (χ2v) is 11.7. The molecule has 4 rings (SSSR count). The Morgan fingerprint density at radius 1 is 1.19 bits per heavy atom. The van der Waals surface area contributed by atoms with Gasteiger partial charge in [0.15, 0.2) is 0 Å². The normalized spacial score (nSPS) is 17.8. The number of hydrogen-bond acceptors (Lipinski definition) is 6. The van der Waals surface area contributed by atoms with Crippen LogP contribution in [0.2, 0.25) is 0 Å². The monoisotopic (exact) mass is 534 g/mol. The first-order valence-electron chi connectivity index (χ1n) is 13.0. The quantitative estimate of drug-likeness (QED) is 0.345. The molecule has 0 N–H and O–H groups in total. The van der Waals surface area contributed by atoms with Crippen LogP contribution in [-0.4, -0.2) is 38.8 Å². The summed E-state index contributed by atoms with van der Waals surface area (Å²) in [6.45, 7) is 9.89. The molecule has 2 aliphatic heterocycles. The zero-order valence-corrected chi connectivity index (χ0v) is 23.6. The molecule has 0 atom stereocenters. The zero-order valence-electron chi connectivity index (χ0n) is 22.0. The third-order valence-corrected chi connectivity index (χ3v) is 8.52. The molecule has 1 amide bonds. The molecule has 194 valence electrons. The summed E-state index contributed by atoms with van der Waals surface area (Å²) in [4.78, 5) is 31.1. The number of amides is 1. The molecule has 3 heterocycles. The minimum absolute atomic E-state index is 0.0358. The molecule has 2 aromatic rings. The van der Waals surface area contributed by atoms with Crippen LogP contribution in [0.5, 0.6) is 0 Å². The molecule has 1 aromatic heterocycles. The summed E-state index contributed by atoms with van der Waals surface area (Å²) < 4.78 is 2.28. The first kappa shape index (κ1) is 27.2. The number of thiocarbonyl (C=S) groups is 1. The number of piperidine rings is 1. The lowest BCUT2D eigenvalue weighted by molar-refractivity contribution is -0.123. The van der Waals surface area contributed by atoms with E-state index in [9.17, 15) is 14.9 Å². The molecule has 0 spiro atoms. The number of hydrogen-bond donors (Lipinski definition) is 0. The van der Waals surface area contributed by atoms with Gasteiger partial charge in [0.05, 0.1) is 4.91 Å². The number of nitrogens with zero attached hydrogens (tertiary/aromatic N) is 4. The highest BCUT2D eigenvalue weighted by atomic mass is 32.2. The molecule has 2 fully saturated rings. The highest BCUT2D eigenvalue weighted by Crippen LogP contribution is 2.37. The lowest BCUT2D eigenvalue weighted by atomic mass is 9.90. The van der Waals surface area contributed by atoms with Crippen LogP contribution in [0.4, 0.5) is 5.82 Å². The average molecular weight is 535 g/mol. The molecule has 2 saturated heterocycles. The minimum Gasteiger partial charge on any atom is -0.357 e. The average Bonchev–Trinajstić information content (AvgIpc) is 3.16. The van der Waals surface area contributed by atoms with Crippen LogP contribution >= 0.6 is 24.0 Å². The van der Waals surface area contributed by atoms with E-state index in [1.54, 1.807) is 9.47 Å². The summed E-state index contributed by atoms with van der Waals surface area (Å²) in [6.07, 6.45) is 5.70. The highest BCUT2D eigenvalue weighted by Gasteiger charge is 2.35. The molecule has 0 saturated carbocycles. The van der Waals surface area contributed by atoms with E-state index in [1.165, 1.54) is 17.3 Å². The predicted molar refractivity (Wildman–Crippen MR) is 156 cm³/mol. The molecule has 0 unspecified atom stereocenters. The van der Waals surface area contributed by atoms with Crippen molar-refractivity contribution in [3.63, 3.8) is 0 Å². The molecule has 6 nitrogen and oxygen atoms in total. The van der Waals surface area contributed by atoms with Crippen LogP contribution in [0, 0.1) is 24.2 Å². The number of pyridine rings is 1. The van der Waals surface area contributed by atoms with Crippen molar-refractivity contribution in [3.8, 4) is 6.07 Å². The Bertz CT molecular complexity index is 1320. The van der Waals surface area contributed by atoms with E-state index >= 15 is 0 Å². The minimum atomic E-state index is -0.255. The second-order valence-electron chi connectivity index (χ2n) is 10.1. The third kappa shape index (κ3) is 5.53. The number of benzene rings is 1. The van der Waals surface area contributed by atoms with E-state index in [0.29, 0.717) is 27.3 Å². The zero-order chi connectivity index (χ0) is 26.7. The molecule has 0 aliphatic carbocycles. The van der Waals surface area contributed by atoms with Gasteiger partial charge in [-0.1, -0.05) is 61.2 Å². The fraction of sp³-hybridized carbons (Fsp3) is 0.448. The van der Waals surface area contributed by atoms with E-state index in [-0.39, 0.29) is 23.1 Å². The van der Waals surface area contributed by atoms with Gasteiger partial charge in [0.1, 0.15) is 21.8 Å². The summed E-state index contributed by atoms with van der Waals surface area (Å²) in [6, 6.07) is 12.7.